The molecule has 0 amide bonds. The van der Waals surface area contributed by atoms with Crippen LogP contribution in [0.3, 0.4) is 0 Å². The minimum absolute atomic E-state index is 0.532. The van der Waals surface area contributed by atoms with Crippen LogP contribution in [-0.2, 0) is 20.1 Å². The molecule has 0 fully saturated rings. The molecule has 8 heteroatoms. The lowest BCUT2D eigenvalue weighted by atomic mass is 10.2. The highest BCUT2D eigenvalue weighted by Crippen LogP contribution is 2.24. The number of guanidine groups is 1. The zero-order valence-corrected chi connectivity index (χ0v) is 16.8. The van der Waals surface area contributed by atoms with Crippen LogP contribution in [0.5, 0.6) is 0 Å². The predicted octanol–water partition coefficient (Wildman–Crippen LogP) is 3.77. The summed E-state index contributed by atoms with van der Waals surface area (Å²) < 4.78 is 3.84. The van der Waals surface area contributed by atoms with E-state index in [2.05, 4.69) is 27.8 Å². The van der Waals surface area contributed by atoms with Gasteiger partial charge >= 0.3 is 0 Å². The SMILES string of the molecule is CCNC(=NCc1ccccc1-n1ccnc1)NCc1cc(Cl)c(Cl)n1C. The Morgan fingerprint density at radius 3 is 2.70 bits per heavy atom. The van der Waals surface area contributed by atoms with Gasteiger partial charge in [0.05, 0.1) is 30.1 Å². The van der Waals surface area contributed by atoms with Crippen LogP contribution in [0.4, 0.5) is 0 Å². The minimum Gasteiger partial charge on any atom is -0.357 e. The average Bonchev–Trinajstić information content (AvgIpc) is 3.29. The molecular weight excluding hydrogens is 383 g/mol. The highest BCUT2D eigenvalue weighted by molar-refractivity contribution is 6.41. The maximum atomic E-state index is 6.13. The standard InChI is InChI=1S/C19H22Cl2N6/c1-3-23-19(25-12-15-10-16(20)18(21)26(15)2)24-11-14-6-4-5-7-17(14)27-9-8-22-13-27/h4-10,13H,3,11-12H2,1-2H3,(H2,23,24,25). The summed E-state index contributed by atoms with van der Waals surface area (Å²) in [6.45, 7) is 3.91. The fourth-order valence-electron chi connectivity index (χ4n) is 2.74. The lowest BCUT2D eigenvalue weighted by molar-refractivity contribution is 0.752. The molecule has 0 spiro atoms. The molecule has 1 aromatic carbocycles. The molecule has 3 rings (SSSR count). The third-order valence-electron chi connectivity index (χ3n) is 4.18. The summed E-state index contributed by atoms with van der Waals surface area (Å²) in [4.78, 5) is 8.84. The molecule has 2 aromatic heterocycles. The number of aliphatic imine (C=N–C) groups is 1. The minimum atomic E-state index is 0.532. The Kier molecular flexibility index (Phi) is 6.42. The summed E-state index contributed by atoms with van der Waals surface area (Å²) in [6, 6.07) is 10.0. The van der Waals surface area contributed by atoms with E-state index in [0.717, 1.165) is 29.4 Å². The van der Waals surface area contributed by atoms with Crippen molar-refractivity contribution in [1.29, 1.82) is 0 Å². The Hall–Kier alpha value is -2.44. The van der Waals surface area contributed by atoms with Gasteiger partial charge in [0, 0.05) is 31.7 Å². The summed E-state index contributed by atoms with van der Waals surface area (Å²) in [6.07, 6.45) is 5.48. The highest BCUT2D eigenvalue weighted by Gasteiger charge is 2.09. The number of nitrogens with zero attached hydrogens (tertiary/aromatic N) is 4. The van der Waals surface area contributed by atoms with Crippen molar-refractivity contribution in [2.24, 2.45) is 12.0 Å². The molecule has 142 valence electrons. The van der Waals surface area contributed by atoms with E-state index in [1.54, 1.807) is 12.5 Å². The van der Waals surface area contributed by atoms with E-state index in [4.69, 9.17) is 28.2 Å². The number of nitrogens with one attached hydrogen (secondary N) is 2. The number of benzene rings is 1. The molecule has 2 heterocycles. The van der Waals surface area contributed by atoms with Gasteiger partial charge in [-0.05, 0) is 24.6 Å². The summed E-state index contributed by atoms with van der Waals surface area (Å²) in [5.41, 5.74) is 3.16. The van der Waals surface area contributed by atoms with Crippen LogP contribution in [0.15, 0.2) is 54.0 Å². The Labute approximate surface area is 168 Å². The number of rotatable bonds is 6. The van der Waals surface area contributed by atoms with Gasteiger partial charge in [0.15, 0.2) is 5.96 Å². The van der Waals surface area contributed by atoms with Crippen LogP contribution in [-0.4, -0.2) is 26.6 Å². The van der Waals surface area contributed by atoms with Gasteiger partial charge in [0.25, 0.3) is 0 Å². The quantitative estimate of drug-likeness (QED) is 0.485. The van der Waals surface area contributed by atoms with E-state index < -0.39 is 0 Å². The molecule has 0 radical (unpaired) electrons. The lowest BCUT2D eigenvalue weighted by Crippen LogP contribution is -2.37. The largest absolute Gasteiger partial charge is 0.357 e. The average molecular weight is 405 g/mol. The van der Waals surface area contributed by atoms with Crippen LogP contribution in [0.1, 0.15) is 18.2 Å². The summed E-state index contributed by atoms with van der Waals surface area (Å²) >= 11 is 12.2. The predicted molar refractivity (Wildman–Crippen MR) is 111 cm³/mol. The van der Waals surface area contributed by atoms with Gasteiger partial charge in [-0.25, -0.2) is 9.98 Å². The van der Waals surface area contributed by atoms with E-state index in [1.165, 1.54) is 0 Å². The molecule has 0 saturated heterocycles. The molecule has 0 saturated carbocycles. The van der Waals surface area contributed by atoms with Crippen LogP contribution in [0, 0.1) is 0 Å². The van der Waals surface area contributed by atoms with Crippen LogP contribution < -0.4 is 10.6 Å². The zero-order valence-electron chi connectivity index (χ0n) is 15.3. The van der Waals surface area contributed by atoms with E-state index in [1.807, 2.05) is 47.5 Å². The van der Waals surface area contributed by atoms with Crippen molar-refractivity contribution >= 4 is 29.2 Å². The van der Waals surface area contributed by atoms with Gasteiger partial charge in [0.1, 0.15) is 5.15 Å². The molecule has 0 aliphatic rings. The molecule has 0 unspecified atom stereocenters. The first kappa shape index (κ1) is 19.3. The second-order valence-corrected chi connectivity index (χ2v) is 6.75. The molecular formula is C19H22Cl2N6. The second kappa shape index (κ2) is 8.97. The van der Waals surface area contributed by atoms with Crippen LogP contribution in [0.2, 0.25) is 10.2 Å². The molecule has 6 nitrogen and oxygen atoms in total. The maximum absolute atomic E-state index is 6.13. The van der Waals surface area contributed by atoms with Crippen LogP contribution in [0.25, 0.3) is 5.69 Å². The van der Waals surface area contributed by atoms with Crippen molar-refractivity contribution in [1.82, 2.24) is 24.8 Å². The number of aromatic nitrogens is 3. The fraction of sp³-hybridized carbons (Fsp3) is 0.263. The Morgan fingerprint density at radius 2 is 2.04 bits per heavy atom. The normalized spacial score (nSPS) is 11.6. The maximum Gasteiger partial charge on any atom is 0.191 e. The van der Waals surface area contributed by atoms with Crippen LogP contribution >= 0.6 is 23.2 Å². The smallest absolute Gasteiger partial charge is 0.191 e. The number of hydrogen-bond acceptors (Lipinski definition) is 2. The molecule has 27 heavy (non-hydrogen) atoms. The molecule has 0 bridgehead atoms. The van der Waals surface area contributed by atoms with Gasteiger partial charge < -0.3 is 19.8 Å². The second-order valence-electron chi connectivity index (χ2n) is 5.98. The molecule has 3 aromatic rings. The topological polar surface area (TPSA) is 59.2 Å². The van der Waals surface area contributed by atoms with E-state index in [0.29, 0.717) is 23.3 Å². The van der Waals surface area contributed by atoms with Gasteiger partial charge in [-0.1, -0.05) is 41.4 Å². The van der Waals surface area contributed by atoms with Gasteiger partial charge in [-0.15, -0.1) is 0 Å². The number of halogens is 2. The van der Waals surface area contributed by atoms with Crippen molar-refractivity contribution in [3.05, 3.63) is 70.5 Å². The first-order valence-corrected chi connectivity index (χ1v) is 9.43. The van der Waals surface area contributed by atoms with E-state index in [-0.39, 0.29) is 0 Å². The van der Waals surface area contributed by atoms with Crippen molar-refractivity contribution in [3.63, 3.8) is 0 Å². The number of imidazole rings is 1. The van der Waals surface area contributed by atoms with Gasteiger partial charge in [-0.3, -0.25) is 0 Å². The Bertz CT molecular complexity index is 914. The Morgan fingerprint density at radius 1 is 1.22 bits per heavy atom. The monoisotopic (exact) mass is 404 g/mol. The Balaban J connectivity index is 1.74. The van der Waals surface area contributed by atoms with Gasteiger partial charge in [0.2, 0.25) is 0 Å². The van der Waals surface area contributed by atoms with Gasteiger partial charge in [-0.2, -0.15) is 0 Å². The van der Waals surface area contributed by atoms with E-state index >= 15 is 0 Å². The third kappa shape index (κ3) is 4.64. The zero-order chi connectivity index (χ0) is 19.2. The molecule has 0 atom stereocenters. The summed E-state index contributed by atoms with van der Waals surface area (Å²) in [5.74, 6) is 0.728. The highest BCUT2D eigenvalue weighted by atomic mass is 35.5. The van der Waals surface area contributed by atoms with Crippen molar-refractivity contribution < 1.29 is 0 Å². The van der Waals surface area contributed by atoms with E-state index in [9.17, 15) is 0 Å². The number of hydrogen-bond donors (Lipinski definition) is 2. The third-order valence-corrected chi connectivity index (χ3v) is 5.02. The summed E-state index contributed by atoms with van der Waals surface area (Å²) in [7, 11) is 1.89. The first-order chi connectivity index (χ1) is 13.1. The summed E-state index contributed by atoms with van der Waals surface area (Å²) in [5, 5.41) is 7.67. The molecule has 2 N–H and O–H groups in total. The van der Waals surface area contributed by atoms with Crippen molar-refractivity contribution in [2.45, 2.75) is 20.0 Å². The molecule has 0 aliphatic carbocycles. The molecule has 0 aliphatic heterocycles. The van der Waals surface area contributed by atoms with Crippen molar-refractivity contribution in [3.8, 4) is 5.69 Å². The fourth-order valence-corrected chi connectivity index (χ4v) is 3.15. The lowest BCUT2D eigenvalue weighted by Gasteiger charge is -2.13. The number of para-hydroxylation sites is 1. The van der Waals surface area contributed by atoms with Crippen molar-refractivity contribution in [2.75, 3.05) is 6.54 Å². The first-order valence-electron chi connectivity index (χ1n) is 8.68.